The normalized spacial score (nSPS) is 15.6. The van der Waals surface area contributed by atoms with Crippen LogP contribution in [0.25, 0.3) is 0 Å². The first-order valence-corrected chi connectivity index (χ1v) is 6.78. The van der Waals surface area contributed by atoms with Crippen LogP contribution in [0.4, 0.5) is 11.4 Å². The summed E-state index contributed by atoms with van der Waals surface area (Å²) in [7, 11) is 0. The van der Waals surface area contributed by atoms with Crippen LogP contribution < -0.4 is 9.64 Å². The van der Waals surface area contributed by atoms with Gasteiger partial charge in [0.2, 0.25) is 0 Å². The number of ether oxygens (including phenoxy) is 1. The second-order valence-corrected chi connectivity index (χ2v) is 5.12. The van der Waals surface area contributed by atoms with E-state index in [1.807, 2.05) is 13.8 Å². The van der Waals surface area contributed by atoms with Crippen LogP contribution in [-0.2, 0) is 0 Å². The van der Waals surface area contributed by atoms with Gasteiger partial charge in [-0.1, -0.05) is 0 Å². The van der Waals surface area contributed by atoms with Gasteiger partial charge >= 0.3 is 0 Å². The highest BCUT2D eigenvalue weighted by Gasteiger charge is 2.19. The van der Waals surface area contributed by atoms with Crippen molar-refractivity contribution in [3.63, 3.8) is 0 Å². The van der Waals surface area contributed by atoms with Crippen LogP contribution in [0.5, 0.6) is 5.75 Å². The van der Waals surface area contributed by atoms with Gasteiger partial charge in [0.05, 0.1) is 22.8 Å². The predicted molar refractivity (Wildman–Crippen MR) is 74.9 cm³/mol. The van der Waals surface area contributed by atoms with E-state index in [0.717, 1.165) is 31.6 Å². The summed E-state index contributed by atoms with van der Waals surface area (Å²) in [5.41, 5.74) is 1.05. The summed E-state index contributed by atoms with van der Waals surface area (Å²) >= 11 is 0. The van der Waals surface area contributed by atoms with Crippen molar-refractivity contribution in [2.75, 3.05) is 18.0 Å². The van der Waals surface area contributed by atoms with Crippen LogP contribution in [0.15, 0.2) is 18.2 Å². The second-order valence-electron chi connectivity index (χ2n) is 5.12. The lowest BCUT2D eigenvalue weighted by Gasteiger charge is -2.30. The topological polar surface area (TPSA) is 55.6 Å². The van der Waals surface area contributed by atoms with Crippen LogP contribution in [0, 0.1) is 10.1 Å². The van der Waals surface area contributed by atoms with Gasteiger partial charge in [0.15, 0.2) is 0 Å². The molecule has 0 aliphatic carbocycles. The van der Waals surface area contributed by atoms with E-state index in [2.05, 4.69) is 4.90 Å². The SMILES string of the molecule is CC(C)Oc1cc([N+](=O)[O-])ccc1N1CCCCC1. The monoisotopic (exact) mass is 264 g/mol. The van der Waals surface area contributed by atoms with Gasteiger partial charge in [-0.15, -0.1) is 0 Å². The number of hydrogen-bond donors (Lipinski definition) is 0. The summed E-state index contributed by atoms with van der Waals surface area (Å²) in [6, 6.07) is 4.89. The maximum atomic E-state index is 10.9. The zero-order valence-electron chi connectivity index (χ0n) is 11.5. The van der Waals surface area contributed by atoms with Crippen LogP contribution in [0.3, 0.4) is 0 Å². The molecule has 19 heavy (non-hydrogen) atoms. The van der Waals surface area contributed by atoms with E-state index >= 15 is 0 Å². The fraction of sp³-hybridized carbons (Fsp3) is 0.571. The van der Waals surface area contributed by atoms with Gasteiger partial charge in [-0.2, -0.15) is 0 Å². The summed E-state index contributed by atoms with van der Waals surface area (Å²) in [4.78, 5) is 12.7. The minimum Gasteiger partial charge on any atom is -0.489 e. The zero-order chi connectivity index (χ0) is 13.8. The van der Waals surface area contributed by atoms with Crippen molar-refractivity contribution < 1.29 is 9.66 Å². The molecule has 2 rings (SSSR count). The van der Waals surface area contributed by atoms with Crippen molar-refractivity contribution in [3.8, 4) is 5.75 Å². The van der Waals surface area contributed by atoms with E-state index in [4.69, 9.17) is 4.74 Å². The number of rotatable bonds is 4. The van der Waals surface area contributed by atoms with Gasteiger partial charge < -0.3 is 9.64 Å². The van der Waals surface area contributed by atoms with Crippen LogP contribution in [0.1, 0.15) is 33.1 Å². The lowest BCUT2D eigenvalue weighted by atomic mass is 10.1. The molecule has 1 fully saturated rings. The highest BCUT2D eigenvalue weighted by molar-refractivity contribution is 5.62. The average molecular weight is 264 g/mol. The Labute approximate surface area is 113 Å². The molecule has 1 aliphatic heterocycles. The number of hydrogen-bond acceptors (Lipinski definition) is 4. The molecule has 0 bridgehead atoms. The number of non-ortho nitro benzene ring substituents is 1. The largest absolute Gasteiger partial charge is 0.489 e. The molecule has 0 amide bonds. The quantitative estimate of drug-likeness (QED) is 0.618. The van der Waals surface area contributed by atoms with Gasteiger partial charge in [-0.25, -0.2) is 0 Å². The zero-order valence-corrected chi connectivity index (χ0v) is 11.5. The van der Waals surface area contributed by atoms with Crippen molar-refractivity contribution in [1.29, 1.82) is 0 Å². The van der Waals surface area contributed by atoms with E-state index < -0.39 is 0 Å². The standard InChI is InChI=1S/C14H20N2O3/c1-11(2)19-14-10-12(16(17)18)6-7-13(14)15-8-4-3-5-9-15/h6-7,10-11H,3-5,8-9H2,1-2H3. The third-order valence-electron chi connectivity index (χ3n) is 3.21. The molecule has 1 aromatic rings. The minimum atomic E-state index is -0.382. The van der Waals surface area contributed by atoms with Crippen molar-refractivity contribution >= 4 is 11.4 Å². The van der Waals surface area contributed by atoms with E-state index in [1.54, 1.807) is 12.1 Å². The first-order chi connectivity index (χ1) is 9.08. The highest BCUT2D eigenvalue weighted by Crippen LogP contribution is 2.34. The maximum Gasteiger partial charge on any atom is 0.273 e. The molecular weight excluding hydrogens is 244 g/mol. The Kier molecular flexibility index (Phi) is 4.24. The lowest BCUT2D eigenvalue weighted by molar-refractivity contribution is -0.384. The van der Waals surface area contributed by atoms with Crippen molar-refractivity contribution in [1.82, 2.24) is 0 Å². The third kappa shape index (κ3) is 3.36. The number of anilines is 1. The molecule has 0 N–H and O–H groups in total. The Morgan fingerprint density at radius 1 is 1.26 bits per heavy atom. The molecule has 1 heterocycles. The van der Waals surface area contributed by atoms with Gasteiger partial charge in [0.25, 0.3) is 5.69 Å². The average Bonchev–Trinajstić information content (AvgIpc) is 2.39. The predicted octanol–water partition coefficient (Wildman–Crippen LogP) is 3.37. The summed E-state index contributed by atoms with van der Waals surface area (Å²) in [5, 5.41) is 10.9. The number of nitro benzene ring substituents is 1. The fourth-order valence-electron chi connectivity index (χ4n) is 2.36. The van der Waals surface area contributed by atoms with Crippen LogP contribution in [0.2, 0.25) is 0 Å². The maximum absolute atomic E-state index is 10.9. The van der Waals surface area contributed by atoms with Crippen LogP contribution >= 0.6 is 0 Å². The Morgan fingerprint density at radius 3 is 2.53 bits per heavy atom. The summed E-state index contributed by atoms with van der Waals surface area (Å²) in [6.07, 6.45) is 3.59. The molecule has 0 spiro atoms. The molecule has 104 valence electrons. The van der Waals surface area contributed by atoms with Crippen LogP contribution in [-0.4, -0.2) is 24.1 Å². The molecule has 0 atom stereocenters. The number of nitrogens with zero attached hydrogens (tertiary/aromatic N) is 2. The number of benzene rings is 1. The molecular formula is C14H20N2O3. The van der Waals surface area contributed by atoms with Crippen molar-refractivity contribution in [3.05, 3.63) is 28.3 Å². The molecule has 5 heteroatoms. The first kappa shape index (κ1) is 13.6. The smallest absolute Gasteiger partial charge is 0.273 e. The molecule has 0 saturated carbocycles. The van der Waals surface area contributed by atoms with E-state index in [0.29, 0.717) is 5.75 Å². The van der Waals surface area contributed by atoms with Gasteiger partial charge in [-0.3, -0.25) is 10.1 Å². The Morgan fingerprint density at radius 2 is 1.95 bits per heavy atom. The van der Waals surface area contributed by atoms with E-state index in [9.17, 15) is 10.1 Å². The molecule has 0 aromatic heterocycles. The third-order valence-corrected chi connectivity index (χ3v) is 3.21. The Balaban J connectivity index is 2.31. The highest BCUT2D eigenvalue weighted by atomic mass is 16.6. The van der Waals surface area contributed by atoms with E-state index in [1.165, 1.54) is 12.5 Å². The fourth-order valence-corrected chi connectivity index (χ4v) is 2.36. The molecule has 1 aliphatic rings. The number of piperidine rings is 1. The lowest BCUT2D eigenvalue weighted by Crippen LogP contribution is -2.30. The molecule has 5 nitrogen and oxygen atoms in total. The van der Waals surface area contributed by atoms with Gasteiger partial charge in [0.1, 0.15) is 5.75 Å². The van der Waals surface area contributed by atoms with Gasteiger partial charge in [0, 0.05) is 19.2 Å². The Bertz CT molecular complexity index is 454. The van der Waals surface area contributed by atoms with Crippen molar-refractivity contribution in [2.24, 2.45) is 0 Å². The van der Waals surface area contributed by atoms with E-state index in [-0.39, 0.29) is 16.7 Å². The second kappa shape index (κ2) is 5.91. The van der Waals surface area contributed by atoms with Crippen molar-refractivity contribution in [2.45, 2.75) is 39.2 Å². The summed E-state index contributed by atoms with van der Waals surface area (Å²) in [6.45, 7) is 5.84. The summed E-state index contributed by atoms with van der Waals surface area (Å²) < 4.78 is 5.74. The first-order valence-electron chi connectivity index (χ1n) is 6.78. The van der Waals surface area contributed by atoms with Gasteiger partial charge in [-0.05, 0) is 39.2 Å². The molecule has 1 aromatic carbocycles. The Hall–Kier alpha value is -1.78. The number of nitro groups is 1. The molecule has 1 saturated heterocycles. The summed E-state index contributed by atoms with van der Waals surface area (Å²) in [5.74, 6) is 0.617. The minimum absolute atomic E-state index is 0.00513. The molecule has 0 radical (unpaired) electrons. The molecule has 0 unspecified atom stereocenters.